The second-order valence-corrected chi connectivity index (χ2v) is 6.85. The normalized spacial score (nSPS) is 12.8. The van der Waals surface area contributed by atoms with E-state index in [4.69, 9.17) is 0 Å². The highest BCUT2D eigenvalue weighted by Gasteiger charge is 2.14. The van der Waals surface area contributed by atoms with Crippen LogP contribution in [0, 0.1) is 5.41 Å². The summed E-state index contributed by atoms with van der Waals surface area (Å²) in [5, 5.41) is 0. The van der Waals surface area contributed by atoms with Crippen LogP contribution in [0.25, 0.3) is 0 Å². The Hall–Kier alpha value is -0.350. The lowest BCUT2D eigenvalue weighted by molar-refractivity contribution is 0.478. The summed E-state index contributed by atoms with van der Waals surface area (Å²) in [6.45, 7) is 12.5. The summed E-state index contributed by atoms with van der Waals surface area (Å²) in [5.74, 6) is 0.146. The second-order valence-electron chi connectivity index (χ2n) is 4.75. The highest BCUT2D eigenvalue weighted by molar-refractivity contribution is 7.89. The molecular weight excluding hydrogens is 210 g/mol. The molecule has 0 aliphatic heterocycles. The predicted molar refractivity (Wildman–Crippen MR) is 65.3 cm³/mol. The fourth-order valence-electron chi connectivity index (χ4n) is 1.01. The Kier molecular flexibility index (Phi) is 5.53. The van der Waals surface area contributed by atoms with Crippen molar-refractivity contribution in [3.05, 3.63) is 12.2 Å². The van der Waals surface area contributed by atoms with Gasteiger partial charge in [-0.1, -0.05) is 32.9 Å². The van der Waals surface area contributed by atoms with Crippen molar-refractivity contribution in [2.75, 3.05) is 12.3 Å². The Labute approximate surface area is 94.0 Å². The van der Waals surface area contributed by atoms with Crippen molar-refractivity contribution < 1.29 is 8.42 Å². The molecule has 0 aromatic heterocycles. The molecule has 0 radical (unpaired) electrons. The minimum Gasteiger partial charge on any atom is -0.215 e. The van der Waals surface area contributed by atoms with E-state index in [1.54, 1.807) is 6.92 Å². The highest BCUT2D eigenvalue weighted by atomic mass is 32.2. The summed E-state index contributed by atoms with van der Waals surface area (Å²) in [4.78, 5) is 0. The molecule has 3 nitrogen and oxygen atoms in total. The summed E-state index contributed by atoms with van der Waals surface area (Å²) in [6.07, 6.45) is 1.69. The molecule has 0 amide bonds. The van der Waals surface area contributed by atoms with Crippen LogP contribution in [0.1, 0.15) is 40.5 Å². The second kappa shape index (κ2) is 5.66. The minimum absolute atomic E-state index is 0.115. The average Bonchev–Trinajstić information content (AvgIpc) is 2.10. The van der Waals surface area contributed by atoms with Gasteiger partial charge in [-0.3, -0.25) is 0 Å². The molecule has 0 aliphatic rings. The predicted octanol–water partition coefficient (Wildman–Crippen LogP) is 2.31. The topological polar surface area (TPSA) is 46.2 Å². The number of nitrogens with one attached hydrogen (secondary N) is 1. The highest BCUT2D eigenvalue weighted by Crippen LogP contribution is 2.26. The minimum atomic E-state index is -3.03. The molecular formula is C11H23NO2S. The van der Waals surface area contributed by atoms with Crippen LogP contribution in [0.5, 0.6) is 0 Å². The molecule has 0 aromatic rings. The average molecular weight is 233 g/mol. The molecule has 90 valence electrons. The molecule has 4 heteroatoms. The van der Waals surface area contributed by atoms with Crippen molar-refractivity contribution in [2.24, 2.45) is 5.41 Å². The van der Waals surface area contributed by atoms with Crippen LogP contribution in [0.4, 0.5) is 0 Å². The van der Waals surface area contributed by atoms with Crippen LogP contribution in [-0.4, -0.2) is 20.7 Å². The Balaban J connectivity index is 3.79. The molecule has 0 aromatic carbocycles. The number of rotatable bonds is 6. The molecule has 0 bridgehead atoms. The first-order chi connectivity index (χ1) is 6.69. The molecule has 0 heterocycles. The molecule has 0 fully saturated rings. The Morgan fingerprint density at radius 1 is 1.33 bits per heavy atom. The van der Waals surface area contributed by atoms with Gasteiger partial charge < -0.3 is 0 Å². The van der Waals surface area contributed by atoms with Crippen LogP contribution in [0.15, 0.2) is 12.2 Å². The third kappa shape index (κ3) is 6.68. The summed E-state index contributed by atoms with van der Waals surface area (Å²) in [7, 11) is -3.03. The number of hydrogen-bond acceptors (Lipinski definition) is 2. The fraction of sp³-hybridized carbons (Fsp3) is 0.818. The number of hydrogen-bond donors (Lipinski definition) is 1. The summed E-state index contributed by atoms with van der Waals surface area (Å²) in [6, 6.07) is 0. The van der Waals surface area contributed by atoms with E-state index in [9.17, 15) is 8.42 Å². The number of allylic oxidation sites excluding steroid dienone is 1. The zero-order valence-corrected chi connectivity index (χ0v) is 11.1. The zero-order valence-electron chi connectivity index (χ0n) is 10.3. The van der Waals surface area contributed by atoms with Crippen molar-refractivity contribution >= 4 is 10.0 Å². The van der Waals surface area contributed by atoms with Gasteiger partial charge in [-0.15, -0.1) is 0 Å². The van der Waals surface area contributed by atoms with Gasteiger partial charge in [0, 0.05) is 6.54 Å². The maximum Gasteiger partial charge on any atom is 0.211 e. The molecule has 1 N–H and O–H groups in total. The van der Waals surface area contributed by atoms with Crippen LogP contribution < -0.4 is 4.72 Å². The smallest absolute Gasteiger partial charge is 0.211 e. The maximum absolute atomic E-state index is 11.1. The molecule has 0 saturated heterocycles. The van der Waals surface area contributed by atoms with Crippen LogP contribution >= 0.6 is 0 Å². The van der Waals surface area contributed by atoms with Crippen LogP contribution in [0.3, 0.4) is 0 Å². The summed E-state index contributed by atoms with van der Waals surface area (Å²) >= 11 is 0. The monoisotopic (exact) mass is 233 g/mol. The largest absolute Gasteiger partial charge is 0.215 e. The van der Waals surface area contributed by atoms with E-state index in [0.29, 0.717) is 6.54 Å². The van der Waals surface area contributed by atoms with E-state index in [1.165, 1.54) is 0 Å². The first-order valence-corrected chi connectivity index (χ1v) is 7.00. The van der Waals surface area contributed by atoms with Crippen LogP contribution in [-0.2, 0) is 10.0 Å². The first-order valence-electron chi connectivity index (χ1n) is 5.34. The lowest BCUT2D eigenvalue weighted by atomic mass is 9.85. The molecule has 0 rings (SSSR count). The van der Waals surface area contributed by atoms with E-state index < -0.39 is 10.0 Å². The quantitative estimate of drug-likeness (QED) is 0.565. The standard InChI is InChI=1S/C11H23NO2S/c1-6-15(13,14)12-9-7-8-10(2)11(3,4)5/h12H,2,6-9H2,1,3-5H3. The van der Waals surface area contributed by atoms with Crippen molar-refractivity contribution in [1.29, 1.82) is 0 Å². The van der Waals surface area contributed by atoms with E-state index in [2.05, 4.69) is 32.1 Å². The summed E-state index contributed by atoms with van der Waals surface area (Å²) < 4.78 is 24.8. The van der Waals surface area contributed by atoms with Crippen molar-refractivity contribution in [1.82, 2.24) is 4.72 Å². The van der Waals surface area contributed by atoms with Gasteiger partial charge in [0.15, 0.2) is 0 Å². The molecule has 0 unspecified atom stereocenters. The van der Waals surface area contributed by atoms with Gasteiger partial charge in [0.05, 0.1) is 5.75 Å². The lowest BCUT2D eigenvalue weighted by Gasteiger charge is -2.21. The lowest BCUT2D eigenvalue weighted by Crippen LogP contribution is -2.26. The van der Waals surface area contributed by atoms with Crippen molar-refractivity contribution in [2.45, 2.75) is 40.5 Å². The van der Waals surface area contributed by atoms with E-state index in [0.717, 1.165) is 18.4 Å². The Morgan fingerprint density at radius 3 is 2.27 bits per heavy atom. The van der Waals surface area contributed by atoms with Gasteiger partial charge in [-0.25, -0.2) is 13.1 Å². The third-order valence-electron chi connectivity index (χ3n) is 2.42. The fourth-order valence-corrected chi connectivity index (χ4v) is 1.67. The zero-order chi connectivity index (χ0) is 12.1. The SMILES string of the molecule is C=C(CCCNS(=O)(=O)CC)C(C)(C)C. The van der Waals surface area contributed by atoms with E-state index >= 15 is 0 Å². The van der Waals surface area contributed by atoms with Gasteiger partial charge in [0.2, 0.25) is 10.0 Å². The van der Waals surface area contributed by atoms with Gasteiger partial charge >= 0.3 is 0 Å². The van der Waals surface area contributed by atoms with Crippen molar-refractivity contribution in [3.8, 4) is 0 Å². The molecule has 0 saturated carbocycles. The Bertz CT molecular complexity index is 299. The van der Waals surface area contributed by atoms with Gasteiger partial charge in [-0.05, 0) is 25.2 Å². The maximum atomic E-state index is 11.1. The Morgan fingerprint density at radius 2 is 1.87 bits per heavy atom. The van der Waals surface area contributed by atoms with Gasteiger partial charge in [0.25, 0.3) is 0 Å². The van der Waals surface area contributed by atoms with Gasteiger partial charge in [0.1, 0.15) is 0 Å². The third-order valence-corrected chi connectivity index (χ3v) is 3.82. The number of sulfonamides is 1. The summed E-state index contributed by atoms with van der Waals surface area (Å²) in [5.41, 5.74) is 1.28. The van der Waals surface area contributed by atoms with E-state index in [-0.39, 0.29) is 11.2 Å². The molecule has 15 heavy (non-hydrogen) atoms. The van der Waals surface area contributed by atoms with Gasteiger partial charge in [-0.2, -0.15) is 0 Å². The molecule has 0 atom stereocenters. The van der Waals surface area contributed by atoms with Crippen LogP contribution in [0.2, 0.25) is 0 Å². The molecule has 0 aliphatic carbocycles. The van der Waals surface area contributed by atoms with E-state index in [1.807, 2.05) is 0 Å². The first kappa shape index (κ1) is 14.6. The molecule has 0 spiro atoms. The van der Waals surface area contributed by atoms with Crippen molar-refractivity contribution in [3.63, 3.8) is 0 Å².